The minimum Gasteiger partial charge on any atom is -0.490 e. The van der Waals surface area contributed by atoms with Crippen molar-refractivity contribution in [1.29, 1.82) is 0 Å². The van der Waals surface area contributed by atoms with E-state index >= 15 is 0 Å². The van der Waals surface area contributed by atoms with E-state index in [0.29, 0.717) is 10.4 Å². The maximum absolute atomic E-state index is 12.6. The van der Waals surface area contributed by atoms with Gasteiger partial charge in [-0.05, 0) is 12.1 Å². The van der Waals surface area contributed by atoms with E-state index in [9.17, 15) is 14.4 Å². The molecule has 10 nitrogen and oxygen atoms in total. The Labute approximate surface area is 166 Å². The second kappa shape index (κ2) is 7.64. The molecule has 29 heavy (non-hydrogen) atoms. The summed E-state index contributed by atoms with van der Waals surface area (Å²) in [5.41, 5.74) is 0.239. The van der Waals surface area contributed by atoms with E-state index in [4.69, 9.17) is 4.74 Å². The first kappa shape index (κ1) is 18.5. The number of hydrogen-bond donors (Lipinski definition) is 3. The van der Waals surface area contributed by atoms with Crippen molar-refractivity contribution in [1.82, 2.24) is 30.2 Å². The molecule has 4 heterocycles. The van der Waals surface area contributed by atoms with Gasteiger partial charge in [-0.2, -0.15) is 0 Å². The van der Waals surface area contributed by atoms with Crippen LogP contribution >= 0.6 is 11.3 Å². The predicted octanol–water partition coefficient (Wildman–Crippen LogP) is 1.07. The van der Waals surface area contributed by atoms with Crippen LogP contribution in [0.1, 0.15) is 16.2 Å². The first-order valence-corrected chi connectivity index (χ1v) is 9.28. The normalized spacial score (nSPS) is 10.8. The molecule has 0 radical (unpaired) electrons. The number of aromatic amines is 2. The molecule has 0 saturated heterocycles. The summed E-state index contributed by atoms with van der Waals surface area (Å²) in [6.45, 7) is -0.00824. The van der Waals surface area contributed by atoms with Crippen molar-refractivity contribution < 1.29 is 9.53 Å². The number of carbonyl (C=O) groups is 1. The van der Waals surface area contributed by atoms with Crippen LogP contribution in [0.3, 0.4) is 0 Å². The summed E-state index contributed by atoms with van der Waals surface area (Å²) in [5, 5.41) is 4.23. The Morgan fingerprint density at radius 1 is 1.21 bits per heavy atom. The smallest absolute Gasteiger partial charge is 0.293 e. The number of thiophene rings is 1. The lowest BCUT2D eigenvalue weighted by atomic mass is 10.2. The zero-order valence-electron chi connectivity index (χ0n) is 15.1. The van der Waals surface area contributed by atoms with Crippen LogP contribution in [0.15, 0.2) is 45.6 Å². The highest BCUT2D eigenvalue weighted by Gasteiger charge is 2.18. The van der Waals surface area contributed by atoms with Crippen LogP contribution in [0.4, 0.5) is 0 Å². The van der Waals surface area contributed by atoms with Crippen molar-refractivity contribution in [3.8, 4) is 17.3 Å². The Morgan fingerprint density at radius 2 is 2.07 bits per heavy atom. The van der Waals surface area contributed by atoms with Gasteiger partial charge in [-0.1, -0.05) is 6.07 Å². The highest BCUT2D eigenvalue weighted by molar-refractivity contribution is 7.17. The van der Waals surface area contributed by atoms with Gasteiger partial charge in [0.05, 0.1) is 25.4 Å². The number of rotatable bonds is 5. The summed E-state index contributed by atoms with van der Waals surface area (Å²) in [6.07, 6.45) is 2.87. The number of H-pyrrole nitrogens is 2. The Kier molecular flexibility index (Phi) is 4.87. The van der Waals surface area contributed by atoms with Crippen LogP contribution in [0.2, 0.25) is 0 Å². The molecule has 146 valence electrons. The Morgan fingerprint density at radius 3 is 2.79 bits per heavy atom. The van der Waals surface area contributed by atoms with Gasteiger partial charge in [0.1, 0.15) is 21.7 Å². The van der Waals surface area contributed by atoms with Crippen LogP contribution in [0.5, 0.6) is 5.75 Å². The molecule has 0 spiro atoms. The third-order valence-corrected chi connectivity index (χ3v) is 5.00. The summed E-state index contributed by atoms with van der Waals surface area (Å²) in [7, 11) is 1.36. The zero-order chi connectivity index (χ0) is 20.4. The quantitative estimate of drug-likeness (QED) is 0.446. The molecule has 0 fully saturated rings. The third-order valence-electron chi connectivity index (χ3n) is 4.03. The number of nitrogens with zero attached hydrogens (tertiary/aromatic N) is 3. The van der Waals surface area contributed by atoms with Crippen LogP contribution in [-0.2, 0) is 6.54 Å². The van der Waals surface area contributed by atoms with Gasteiger partial charge in [-0.15, -0.1) is 11.3 Å². The number of pyridine rings is 1. The molecule has 0 unspecified atom stereocenters. The Bertz CT molecular complexity index is 1310. The van der Waals surface area contributed by atoms with Crippen molar-refractivity contribution in [2.24, 2.45) is 0 Å². The first-order valence-electron chi connectivity index (χ1n) is 8.40. The average Bonchev–Trinajstić information content (AvgIpc) is 3.17. The molecule has 4 rings (SSSR count). The molecule has 0 aromatic carbocycles. The molecule has 0 aliphatic heterocycles. The van der Waals surface area contributed by atoms with Gasteiger partial charge in [0.25, 0.3) is 17.0 Å². The highest BCUT2D eigenvalue weighted by Crippen LogP contribution is 2.23. The molecular weight excluding hydrogens is 396 g/mol. The van der Waals surface area contributed by atoms with Crippen molar-refractivity contribution in [3.05, 3.63) is 68.1 Å². The fraction of sp³-hybridized carbons (Fsp3) is 0.111. The monoisotopic (exact) mass is 410 g/mol. The summed E-state index contributed by atoms with van der Waals surface area (Å²) in [4.78, 5) is 54.6. The summed E-state index contributed by atoms with van der Waals surface area (Å²) < 4.78 is 5.19. The molecule has 0 aliphatic carbocycles. The number of fused-ring (bicyclic) bond motifs is 1. The lowest BCUT2D eigenvalue weighted by Crippen LogP contribution is -2.25. The van der Waals surface area contributed by atoms with Gasteiger partial charge < -0.3 is 20.0 Å². The highest BCUT2D eigenvalue weighted by atomic mass is 32.1. The Balaban J connectivity index is 1.62. The van der Waals surface area contributed by atoms with E-state index in [1.54, 1.807) is 29.8 Å². The van der Waals surface area contributed by atoms with Crippen molar-refractivity contribution in [2.75, 3.05) is 7.11 Å². The largest absolute Gasteiger partial charge is 0.490 e. The fourth-order valence-electron chi connectivity index (χ4n) is 2.63. The molecule has 11 heteroatoms. The Hall–Kier alpha value is -3.86. The molecule has 4 aromatic rings. The minimum absolute atomic E-state index is 0.00824. The van der Waals surface area contributed by atoms with E-state index in [1.807, 2.05) is 0 Å². The van der Waals surface area contributed by atoms with Gasteiger partial charge in [0.2, 0.25) is 5.75 Å². The molecular formula is C18H14N6O4S. The SMILES string of the molecule is COc1cnc(CNC(=O)c2csc3c(=O)[nH]c(-c4ccccn4)nc23)[nH]c1=O. The predicted molar refractivity (Wildman–Crippen MR) is 106 cm³/mol. The van der Waals surface area contributed by atoms with Gasteiger partial charge in [0, 0.05) is 11.6 Å². The number of methoxy groups -OCH3 is 1. The fourth-order valence-corrected chi connectivity index (χ4v) is 3.51. The van der Waals surface area contributed by atoms with Crippen LogP contribution in [0.25, 0.3) is 21.7 Å². The number of aromatic nitrogens is 5. The van der Waals surface area contributed by atoms with Crippen LogP contribution in [0, 0.1) is 0 Å². The van der Waals surface area contributed by atoms with Crippen molar-refractivity contribution in [3.63, 3.8) is 0 Å². The van der Waals surface area contributed by atoms with E-state index in [2.05, 4.69) is 30.2 Å². The van der Waals surface area contributed by atoms with E-state index < -0.39 is 11.5 Å². The van der Waals surface area contributed by atoms with E-state index in [-0.39, 0.29) is 40.6 Å². The third kappa shape index (κ3) is 3.62. The number of hydrogen-bond acceptors (Lipinski definition) is 8. The molecule has 0 saturated carbocycles. The summed E-state index contributed by atoms with van der Waals surface area (Å²) in [6, 6.07) is 5.24. The molecule has 1 amide bonds. The number of carbonyl (C=O) groups excluding carboxylic acids is 1. The molecule has 0 aliphatic rings. The van der Waals surface area contributed by atoms with E-state index in [0.717, 1.165) is 11.3 Å². The average molecular weight is 410 g/mol. The van der Waals surface area contributed by atoms with Gasteiger partial charge in [0.15, 0.2) is 5.82 Å². The number of nitrogens with one attached hydrogen (secondary N) is 3. The first-order chi connectivity index (χ1) is 14.1. The number of amides is 1. The molecule has 0 atom stereocenters. The van der Waals surface area contributed by atoms with Crippen molar-refractivity contribution in [2.45, 2.75) is 6.54 Å². The standard InChI is InChI=1S/C18H14N6O4S/c1-28-11-6-20-12(22-17(11)26)7-21-16(25)9-8-29-14-13(9)23-15(24-18(14)27)10-4-2-3-5-19-10/h2-6,8H,7H2,1H3,(H,21,25)(H,20,22,26)(H,23,24,27). The lowest BCUT2D eigenvalue weighted by Gasteiger charge is -2.05. The lowest BCUT2D eigenvalue weighted by molar-refractivity contribution is 0.0951. The van der Waals surface area contributed by atoms with Crippen molar-refractivity contribution >= 4 is 27.5 Å². The van der Waals surface area contributed by atoms with E-state index in [1.165, 1.54) is 13.3 Å². The summed E-state index contributed by atoms with van der Waals surface area (Å²) in [5.74, 6) is 0.175. The van der Waals surface area contributed by atoms with Gasteiger partial charge in [-0.25, -0.2) is 9.97 Å². The van der Waals surface area contributed by atoms with Gasteiger partial charge in [-0.3, -0.25) is 19.4 Å². The maximum Gasteiger partial charge on any atom is 0.293 e. The second-order valence-electron chi connectivity index (χ2n) is 5.87. The van der Waals surface area contributed by atoms with Crippen LogP contribution in [-0.4, -0.2) is 37.9 Å². The maximum atomic E-state index is 12.6. The van der Waals surface area contributed by atoms with Gasteiger partial charge >= 0.3 is 0 Å². The molecule has 4 aromatic heterocycles. The number of ether oxygens (including phenoxy) is 1. The molecule has 3 N–H and O–H groups in total. The molecule has 0 bridgehead atoms. The topological polar surface area (TPSA) is 143 Å². The minimum atomic E-state index is -0.445. The zero-order valence-corrected chi connectivity index (χ0v) is 15.9. The summed E-state index contributed by atoms with van der Waals surface area (Å²) >= 11 is 1.12. The second-order valence-corrected chi connectivity index (χ2v) is 6.75. The van der Waals surface area contributed by atoms with Crippen LogP contribution < -0.4 is 21.2 Å².